The zero-order valence-corrected chi connectivity index (χ0v) is 29.6. The molecule has 2 heterocycles. The molecule has 0 unspecified atom stereocenters. The summed E-state index contributed by atoms with van der Waals surface area (Å²) in [5.74, 6) is -4.77. The Labute approximate surface area is 313 Å². The first kappa shape index (κ1) is 41.0. The molecule has 6 rings (SSSR count). The minimum atomic E-state index is -5.08. The minimum Gasteiger partial charge on any atom is -0.475 e. The lowest BCUT2D eigenvalue weighted by Gasteiger charge is -2.35. The number of halogens is 8. The fourth-order valence-corrected chi connectivity index (χ4v) is 7.05. The van der Waals surface area contributed by atoms with E-state index >= 15 is 0 Å². The molecule has 1 aromatic heterocycles. The van der Waals surface area contributed by atoms with Gasteiger partial charge in [-0.05, 0) is 73.0 Å². The summed E-state index contributed by atoms with van der Waals surface area (Å²) in [6.07, 6.45) is -7.99. The number of fused-ring (bicyclic) bond motifs is 1. The van der Waals surface area contributed by atoms with Crippen LogP contribution in [0.3, 0.4) is 0 Å². The minimum absolute atomic E-state index is 0.0449. The van der Waals surface area contributed by atoms with Gasteiger partial charge in [0, 0.05) is 35.4 Å². The molecule has 0 aliphatic carbocycles. The van der Waals surface area contributed by atoms with E-state index in [-0.39, 0.29) is 35.2 Å². The second kappa shape index (κ2) is 17.5. The third kappa shape index (κ3) is 10.5. The van der Waals surface area contributed by atoms with Gasteiger partial charge >= 0.3 is 18.3 Å². The summed E-state index contributed by atoms with van der Waals surface area (Å²) >= 11 is 1.16. The Morgan fingerprint density at radius 2 is 1.44 bits per heavy atom. The Balaban J connectivity index is 0.000000757. The van der Waals surface area contributed by atoms with Crippen molar-refractivity contribution >= 4 is 34.5 Å². The van der Waals surface area contributed by atoms with Gasteiger partial charge in [-0.15, -0.1) is 11.8 Å². The fraction of sp³-hybridized carbons (Fsp3) is 0.256. The molecule has 1 amide bonds. The van der Waals surface area contributed by atoms with E-state index in [1.54, 1.807) is 28.8 Å². The Morgan fingerprint density at radius 3 is 2.04 bits per heavy atom. The number of thioether (sulfide) groups is 1. The highest BCUT2D eigenvalue weighted by molar-refractivity contribution is 7.98. The molecular weight excluding hydrogens is 758 g/mol. The number of nitrogens with zero attached hydrogens (tertiary/aromatic N) is 2. The molecule has 1 aliphatic rings. The van der Waals surface area contributed by atoms with Gasteiger partial charge in [-0.25, -0.2) is 13.6 Å². The van der Waals surface area contributed by atoms with Crippen LogP contribution in [0, 0.1) is 11.6 Å². The van der Waals surface area contributed by atoms with Crippen LogP contribution in [-0.4, -0.2) is 51.8 Å². The van der Waals surface area contributed by atoms with Gasteiger partial charge in [0.1, 0.15) is 6.54 Å². The van der Waals surface area contributed by atoms with Crippen LogP contribution in [0.1, 0.15) is 29.5 Å². The third-order valence-electron chi connectivity index (χ3n) is 8.85. The number of nitrogens with one attached hydrogen (secondary N) is 1. The van der Waals surface area contributed by atoms with Crippen LogP contribution in [0.4, 0.5) is 35.1 Å². The van der Waals surface area contributed by atoms with Crippen molar-refractivity contribution in [2.75, 3.05) is 13.1 Å². The van der Waals surface area contributed by atoms with Crippen molar-refractivity contribution in [3.63, 3.8) is 0 Å². The molecule has 0 saturated carbocycles. The van der Waals surface area contributed by atoms with Crippen LogP contribution in [0.2, 0.25) is 0 Å². The highest BCUT2D eigenvalue weighted by atomic mass is 32.2. The second-order valence-corrected chi connectivity index (χ2v) is 13.5. The Morgan fingerprint density at radius 1 is 0.836 bits per heavy atom. The number of para-hydroxylation sites is 1. The normalized spacial score (nSPS) is 13.6. The van der Waals surface area contributed by atoms with Gasteiger partial charge in [0.05, 0.1) is 16.1 Å². The molecule has 1 aliphatic heterocycles. The van der Waals surface area contributed by atoms with Crippen LogP contribution in [0.15, 0.2) is 107 Å². The van der Waals surface area contributed by atoms with Gasteiger partial charge in [0.25, 0.3) is 0 Å². The lowest BCUT2D eigenvalue weighted by Crippen LogP contribution is -2.47. The molecule has 1 fully saturated rings. The molecule has 0 spiro atoms. The first-order valence-electron chi connectivity index (χ1n) is 16.8. The number of carboxylic acids is 1. The zero-order chi connectivity index (χ0) is 39.9. The number of carbonyl (C=O) groups excluding carboxylic acids is 1. The number of rotatable bonds is 9. The summed E-state index contributed by atoms with van der Waals surface area (Å²) in [6, 6.07) is 24.8. The lowest BCUT2D eigenvalue weighted by molar-refractivity contribution is -0.192. The zero-order valence-electron chi connectivity index (χ0n) is 28.8. The number of benzene rings is 4. The van der Waals surface area contributed by atoms with E-state index in [1.807, 2.05) is 29.2 Å². The second-order valence-electron chi connectivity index (χ2n) is 12.5. The Kier molecular flexibility index (Phi) is 13.0. The number of amides is 1. The van der Waals surface area contributed by atoms with E-state index in [2.05, 4.69) is 5.32 Å². The molecule has 7 nitrogen and oxygen atoms in total. The highest BCUT2D eigenvalue weighted by Gasteiger charge is 2.38. The van der Waals surface area contributed by atoms with Crippen LogP contribution in [0.5, 0.6) is 0 Å². The summed E-state index contributed by atoms with van der Waals surface area (Å²) in [6.45, 7) is 1.74. The maximum Gasteiger partial charge on any atom is 0.490 e. The predicted molar refractivity (Wildman–Crippen MR) is 191 cm³/mol. The summed E-state index contributed by atoms with van der Waals surface area (Å²) in [4.78, 5) is 38.1. The van der Waals surface area contributed by atoms with E-state index < -0.39 is 35.5 Å². The fourth-order valence-electron chi connectivity index (χ4n) is 6.01. The average molecular weight is 792 g/mol. The molecule has 0 atom stereocenters. The molecule has 4 aromatic carbocycles. The van der Waals surface area contributed by atoms with E-state index in [4.69, 9.17) is 9.90 Å². The lowest BCUT2D eigenvalue weighted by atomic mass is 10.0. The number of piperidine rings is 1. The topological polar surface area (TPSA) is 91.6 Å². The maximum absolute atomic E-state index is 14.5. The standard InChI is InChI=1S/C37H32F5N3O2S.C2HF3O2/c38-31-6-3-4-27(36(31)39)23-48-35-20-33(46)30-5-1-2-7-32(30)45(35)22-34(47)44(29-16-18-43-19-17-29)21-24-8-10-25(11-9-24)26-12-14-28(15-13-26)37(40,41)42;3-2(4,5)1(6)7/h1-15,20,29,43H,16-19,21-23H2;(H,6,7). The van der Waals surface area contributed by atoms with Gasteiger partial charge in [-0.3, -0.25) is 9.59 Å². The van der Waals surface area contributed by atoms with Gasteiger partial charge in [0.2, 0.25) is 5.91 Å². The van der Waals surface area contributed by atoms with Gasteiger partial charge < -0.3 is 19.9 Å². The Hall–Kier alpha value is -5.22. The van der Waals surface area contributed by atoms with E-state index in [0.29, 0.717) is 28.0 Å². The first-order valence-corrected chi connectivity index (χ1v) is 17.8. The molecule has 5 aromatic rings. The van der Waals surface area contributed by atoms with Gasteiger partial charge in [-0.1, -0.05) is 60.7 Å². The number of carbonyl (C=O) groups is 2. The molecule has 0 radical (unpaired) electrons. The maximum atomic E-state index is 14.5. The summed E-state index contributed by atoms with van der Waals surface area (Å²) in [7, 11) is 0. The number of pyridine rings is 1. The monoisotopic (exact) mass is 791 g/mol. The molecule has 55 heavy (non-hydrogen) atoms. The van der Waals surface area contributed by atoms with Crippen molar-refractivity contribution in [3.05, 3.63) is 136 Å². The first-order chi connectivity index (χ1) is 26.0. The molecule has 2 N–H and O–H groups in total. The van der Waals surface area contributed by atoms with Gasteiger partial charge in [-0.2, -0.15) is 26.3 Å². The highest BCUT2D eigenvalue weighted by Crippen LogP contribution is 2.32. The number of hydrogen-bond acceptors (Lipinski definition) is 5. The number of alkyl halides is 6. The quantitative estimate of drug-likeness (QED) is 0.115. The van der Waals surface area contributed by atoms with Crippen molar-refractivity contribution < 1.29 is 49.8 Å². The van der Waals surface area contributed by atoms with Gasteiger partial charge in [0.15, 0.2) is 17.1 Å². The number of carboxylic acid groups (broad SMARTS) is 1. The van der Waals surface area contributed by atoms with E-state index in [1.165, 1.54) is 30.3 Å². The largest absolute Gasteiger partial charge is 0.490 e. The molecule has 0 bridgehead atoms. The third-order valence-corrected chi connectivity index (χ3v) is 9.94. The van der Waals surface area contributed by atoms with Crippen molar-refractivity contribution in [3.8, 4) is 11.1 Å². The van der Waals surface area contributed by atoms with Crippen LogP contribution in [-0.2, 0) is 34.6 Å². The molecule has 16 heteroatoms. The number of hydrogen-bond donors (Lipinski definition) is 2. The predicted octanol–water partition coefficient (Wildman–Crippen LogP) is 8.67. The van der Waals surface area contributed by atoms with Crippen LogP contribution in [0.25, 0.3) is 22.0 Å². The van der Waals surface area contributed by atoms with E-state index in [0.717, 1.165) is 67.0 Å². The number of aliphatic carboxylic acids is 1. The molecule has 1 saturated heterocycles. The van der Waals surface area contributed by atoms with Crippen molar-refractivity contribution in [1.29, 1.82) is 0 Å². The Bertz CT molecular complexity index is 2180. The van der Waals surface area contributed by atoms with Crippen molar-refractivity contribution in [1.82, 2.24) is 14.8 Å². The smallest absolute Gasteiger partial charge is 0.475 e. The van der Waals surface area contributed by atoms with Crippen LogP contribution < -0.4 is 10.7 Å². The molecular formula is C39H33F8N3O4S. The molecule has 290 valence electrons. The van der Waals surface area contributed by atoms with E-state index in [9.17, 15) is 44.7 Å². The average Bonchev–Trinajstić information content (AvgIpc) is 3.16. The summed E-state index contributed by atoms with van der Waals surface area (Å²) < 4.78 is 101. The van der Waals surface area contributed by atoms with Crippen molar-refractivity contribution in [2.45, 2.75) is 55.1 Å². The van der Waals surface area contributed by atoms with Crippen molar-refractivity contribution in [2.24, 2.45) is 0 Å². The summed E-state index contributed by atoms with van der Waals surface area (Å²) in [5, 5.41) is 11.4. The SMILES string of the molecule is O=C(Cn1c(SCc2cccc(F)c2F)cc(=O)c2ccccc21)N(Cc1ccc(-c2ccc(C(F)(F)F)cc2)cc1)C1CCNCC1.O=C(O)C(F)(F)F. The van der Waals surface area contributed by atoms with Crippen LogP contribution >= 0.6 is 11.8 Å². The summed E-state index contributed by atoms with van der Waals surface area (Å²) in [5.41, 5.74) is 2.02. The number of aromatic nitrogens is 1.